The highest BCUT2D eigenvalue weighted by atomic mass is 79.9. The van der Waals surface area contributed by atoms with Gasteiger partial charge >= 0.3 is 0 Å². The Labute approximate surface area is 171 Å². The van der Waals surface area contributed by atoms with Gasteiger partial charge in [0.1, 0.15) is 29.6 Å². The molecule has 0 aliphatic rings. The number of rotatable bonds is 9. The Morgan fingerprint density at radius 3 is 2.31 bits per heavy atom. The van der Waals surface area contributed by atoms with E-state index in [0.717, 1.165) is 32.0 Å². The Morgan fingerprint density at radius 1 is 1.04 bits per heavy atom. The fourth-order valence-corrected chi connectivity index (χ4v) is 2.53. The Morgan fingerprint density at radius 2 is 1.69 bits per heavy atom. The Bertz CT molecular complexity index is 748. The lowest BCUT2D eigenvalue weighted by Gasteiger charge is -2.13. The van der Waals surface area contributed by atoms with Crippen molar-refractivity contribution in [2.75, 3.05) is 6.61 Å². The van der Waals surface area contributed by atoms with Crippen molar-refractivity contribution in [3.8, 4) is 23.0 Å². The molecule has 138 valence electrons. The van der Waals surface area contributed by atoms with Crippen LogP contribution in [-0.4, -0.2) is 12.7 Å². The molecule has 0 fully saturated rings. The predicted octanol–water partition coefficient (Wildman–Crippen LogP) is 7.00. The molecule has 26 heavy (non-hydrogen) atoms. The van der Waals surface area contributed by atoms with Crippen LogP contribution in [0, 0.1) is 0 Å². The summed E-state index contributed by atoms with van der Waals surface area (Å²) in [6.45, 7) is 8.28. The minimum atomic E-state index is 0.149. The zero-order valence-corrected chi connectivity index (χ0v) is 18.0. The van der Waals surface area contributed by atoms with Crippen molar-refractivity contribution < 1.29 is 14.2 Å². The molecule has 0 atom stereocenters. The van der Waals surface area contributed by atoms with Gasteiger partial charge in [0.25, 0.3) is 0 Å². The Balaban J connectivity index is 2.10. The molecule has 0 aliphatic heterocycles. The standard InChI is InChI=1S/C21H22Br2O3/c1-4-5-16-14-19(10-11-20(16)24-13-12-21(22)23)26-18-8-6-17(7-9-18)25-15(2)3/h4,6-12,14-15H,1,5,13H2,2-3H3. The van der Waals surface area contributed by atoms with Gasteiger partial charge < -0.3 is 14.2 Å². The van der Waals surface area contributed by atoms with Gasteiger partial charge in [-0.1, -0.05) is 6.08 Å². The normalized spacial score (nSPS) is 10.3. The fraction of sp³-hybridized carbons (Fsp3) is 0.238. The molecule has 0 saturated carbocycles. The second-order valence-corrected chi connectivity index (χ2v) is 8.58. The molecule has 2 aromatic carbocycles. The maximum atomic E-state index is 5.95. The van der Waals surface area contributed by atoms with Gasteiger partial charge in [-0.25, -0.2) is 0 Å². The summed E-state index contributed by atoms with van der Waals surface area (Å²) in [5, 5.41) is 0. The van der Waals surface area contributed by atoms with Crippen LogP contribution in [0.5, 0.6) is 23.0 Å². The van der Waals surface area contributed by atoms with Gasteiger partial charge in [0.15, 0.2) is 0 Å². The van der Waals surface area contributed by atoms with Gasteiger partial charge in [0.2, 0.25) is 0 Å². The van der Waals surface area contributed by atoms with E-state index in [1.54, 1.807) is 0 Å². The van der Waals surface area contributed by atoms with Crippen LogP contribution in [0.4, 0.5) is 0 Å². The highest BCUT2D eigenvalue weighted by molar-refractivity contribution is 9.28. The van der Waals surface area contributed by atoms with Gasteiger partial charge in [-0.3, -0.25) is 0 Å². The van der Waals surface area contributed by atoms with Crippen LogP contribution in [0.25, 0.3) is 0 Å². The third-order valence-electron chi connectivity index (χ3n) is 3.30. The van der Waals surface area contributed by atoms with Crippen LogP contribution in [0.1, 0.15) is 19.4 Å². The molecular formula is C21H22Br2O3. The second-order valence-electron chi connectivity index (χ2n) is 5.81. The van der Waals surface area contributed by atoms with E-state index in [-0.39, 0.29) is 6.10 Å². The smallest absolute Gasteiger partial charge is 0.127 e. The van der Waals surface area contributed by atoms with Crippen LogP contribution in [0.2, 0.25) is 0 Å². The van der Waals surface area contributed by atoms with Crippen molar-refractivity contribution in [2.24, 2.45) is 0 Å². The predicted molar refractivity (Wildman–Crippen MR) is 114 cm³/mol. The average Bonchev–Trinajstić information content (AvgIpc) is 2.58. The third kappa shape index (κ3) is 6.89. The number of benzene rings is 2. The lowest BCUT2D eigenvalue weighted by Crippen LogP contribution is -2.05. The quantitative estimate of drug-likeness (QED) is 0.360. The van der Waals surface area contributed by atoms with Crippen molar-refractivity contribution in [2.45, 2.75) is 26.4 Å². The summed E-state index contributed by atoms with van der Waals surface area (Å²) in [5.74, 6) is 3.15. The maximum Gasteiger partial charge on any atom is 0.127 e. The van der Waals surface area contributed by atoms with E-state index in [2.05, 4.69) is 38.4 Å². The SMILES string of the molecule is C=CCc1cc(Oc2ccc(OC(C)C)cc2)ccc1OCC=C(Br)Br. The van der Waals surface area contributed by atoms with Gasteiger partial charge in [0.05, 0.1) is 9.50 Å². The molecule has 0 bridgehead atoms. The molecule has 0 amide bonds. The number of allylic oxidation sites excluding steroid dienone is 1. The molecule has 5 heteroatoms. The molecule has 0 spiro atoms. The first-order chi connectivity index (χ1) is 12.5. The topological polar surface area (TPSA) is 27.7 Å². The number of ether oxygens (including phenoxy) is 3. The second kappa shape index (κ2) is 10.4. The van der Waals surface area contributed by atoms with Crippen LogP contribution >= 0.6 is 31.9 Å². The molecule has 0 saturated heterocycles. The average molecular weight is 482 g/mol. The highest BCUT2D eigenvalue weighted by Crippen LogP contribution is 2.29. The molecule has 0 N–H and O–H groups in total. The van der Waals surface area contributed by atoms with E-state index in [1.807, 2.05) is 68.5 Å². The van der Waals surface area contributed by atoms with Crippen LogP contribution in [0.15, 0.2) is 64.6 Å². The third-order valence-corrected chi connectivity index (χ3v) is 3.95. The van der Waals surface area contributed by atoms with Crippen LogP contribution in [0.3, 0.4) is 0 Å². The molecule has 3 nitrogen and oxygen atoms in total. The van der Waals surface area contributed by atoms with Crippen molar-refractivity contribution >= 4 is 31.9 Å². The van der Waals surface area contributed by atoms with E-state index in [1.165, 1.54) is 0 Å². The zero-order chi connectivity index (χ0) is 18.9. The minimum Gasteiger partial charge on any atom is -0.491 e. The summed E-state index contributed by atoms with van der Waals surface area (Å²) in [7, 11) is 0. The van der Waals surface area contributed by atoms with Crippen molar-refractivity contribution in [3.63, 3.8) is 0 Å². The molecule has 0 aliphatic carbocycles. The van der Waals surface area contributed by atoms with Gasteiger partial charge in [-0.2, -0.15) is 0 Å². The monoisotopic (exact) mass is 480 g/mol. The van der Waals surface area contributed by atoms with E-state index in [0.29, 0.717) is 13.0 Å². The first kappa shape index (κ1) is 20.6. The first-order valence-corrected chi connectivity index (χ1v) is 9.89. The Hall–Kier alpha value is -1.72. The summed E-state index contributed by atoms with van der Waals surface area (Å²) >= 11 is 6.63. The largest absolute Gasteiger partial charge is 0.491 e. The summed E-state index contributed by atoms with van der Waals surface area (Å²) in [5.41, 5.74) is 1.02. The summed E-state index contributed by atoms with van der Waals surface area (Å²) in [4.78, 5) is 0. The van der Waals surface area contributed by atoms with Crippen LogP contribution < -0.4 is 14.2 Å². The molecule has 0 heterocycles. The molecule has 2 aromatic rings. The zero-order valence-electron chi connectivity index (χ0n) is 14.9. The summed E-state index contributed by atoms with van der Waals surface area (Å²) < 4.78 is 18.3. The van der Waals surface area contributed by atoms with E-state index in [4.69, 9.17) is 14.2 Å². The lowest BCUT2D eigenvalue weighted by molar-refractivity contribution is 0.242. The van der Waals surface area contributed by atoms with E-state index in [9.17, 15) is 0 Å². The number of hydrogen-bond acceptors (Lipinski definition) is 3. The van der Waals surface area contributed by atoms with Gasteiger partial charge in [-0.15, -0.1) is 6.58 Å². The summed E-state index contributed by atoms with van der Waals surface area (Å²) in [6, 6.07) is 13.4. The maximum absolute atomic E-state index is 5.95. The van der Waals surface area contributed by atoms with Crippen molar-refractivity contribution in [3.05, 3.63) is 70.2 Å². The van der Waals surface area contributed by atoms with Gasteiger partial charge in [-0.05, 0) is 101 Å². The van der Waals surface area contributed by atoms with E-state index < -0.39 is 0 Å². The minimum absolute atomic E-state index is 0.149. The number of hydrogen-bond donors (Lipinski definition) is 0. The van der Waals surface area contributed by atoms with Crippen molar-refractivity contribution in [1.29, 1.82) is 0 Å². The molecular weight excluding hydrogens is 460 g/mol. The highest BCUT2D eigenvalue weighted by Gasteiger charge is 2.06. The molecule has 2 rings (SSSR count). The van der Waals surface area contributed by atoms with Crippen LogP contribution in [-0.2, 0) is 6.42 Å². The number of halogens is 2. The summed E-state index contributed by atoms with van der Waals surface area (Å²) in [6.07, 6.45) is 4.59. The molecule has 0 unspecified atom stereocenters. The lowest BCUT2D eigenvalue weighted by atomic mass is 10.1. The van der Waals surface area contributed by atoms with Gasteiger partial charge in [0, 0.05) is 5.56 Å². The fourth-order valence-electron chi connectivity index (χ4n) is 2.26. The molecule has 0 radical (unpaired) electrons. The van der Waals surface area contributed by atoms with E-state index >= 15 is 0 Å². The van der Waals surface area contributed by atoms with Crippen molar-refractivity contribution in [1.82, 2.24) is 0 Å². The Kier molecular flexibility index (Phi) is 8.26. The molecule has 0 aromatic heterocycles. The first-order valence-electron chi connectivity index (χ1n) is 8.30.